The molecular weight excluding hydrogens is 336 g/mol. The molecule has 0 radical (unpaired) electrons. The van der Waals surface area contributed by atoms with Gasteiger partial charge < -0.3 is 19.9 Å². The highest BCUT2D eigenvalue weighted by atomic mass is 16.5. The number of ether oxygens (including phenoxy) is 1. The first-order valence-corrected chi connectivity index (χ1v) is 9.03. The topological polar surface area (TPSA) is 91.0 Å². The van der Waals surface area contributed by atoms with Crippen LogP contribution in [0.2, 0.25) is 0 Å². The van der Waals surface area contributed by atoms with Gasteiger partial charge in [0.15, 0.2) is 0 Å². The van der Waals surface area contributed by atoms with E-state index < -0.39 is 6.04 Å². The van der Waals surface area contributed by atoms with Gasteiger partial charge >= 0.3 is 0 Å². The van der Waals surface area contributed by atoms with Crippen molar-refractivity contribution in [1.29, 1.82) is 0 Å². The Labute approximate surface area is 150 Å². The van der Waals surface area contributed by atoms with Crippen molar-refractivity contribution in [2.45, 2.75) is 31.5 Å². The van der Waals surface area contributed by atoms with E-state index in [9.17, 15) is 14.4 Å². The second-order valence-electron chi connectivity index (χ2n) is 7.24. The van der Waals surface area contributed by atoms with Crippen molar-refractivity contribution in [1.82, 2.24) is 15.5 Å². The van der Waals surface area contributed by atoms with Crippen LogP contribution in [0.1, 0.15) is 28.8 Å². The minimum absolute atomic E-state index is 0.164. The van der Waals surface area contributed by atoms with Crippen molar-refractivity contribution in [3.63, 3.8) is 0 Å². The van der Waals surface area contributed by atoms with Crippen LogP contribution < -0.4 is 20.3 Å². The van der Waals surface area contributed by atoms with Gasteiger partial charge in [0.25, 0.3) is 5.91 Å². The Bertz CT molecular complexity index is 824. The fourth-order valence-electron chi connectivity index (χ4n) is 4.34. The summed E-state index contributed by atoms with van der Waals surface area (Å²) in [4.78, 5) is 40.3. The zero-order chi connectivity index (χ0) is 17.8. The van der Waals surface area contributed by atoms with Gasteiger partial charge in [0.05, 0.1) is 11.7 Å². The van der Waals surface area contributed by atoms with E-state index in [-0.39, 0.29) is 24.1 Å². The first-order chi connectivity index (χ1) is 12.6. The number of hydrogen-bond donors (Lipinski definition) is 2. The van der Waals surface area contributed by atoms with Gasteiger partial charge in [0.1, 0.15) is 18.4 Å². The Hall–Kier alpha value is -2.61. The Morgan fingerprint density at radius 1 is 1.15 bits per heavy atom. The van der Waals surface area contributed by atoms with E-state index in [1.54, 1.807) is 4.90 Å². The third-order valence-corrected chi connectivity index (χ3v) is 5.69. The van der Waals surface area contributed by atoms with E-state index >= 15 is 0 Å². The number of benzene rings is 1. The van der Waals surface area contributed by atoms with Crippen molar-refractivity contribution < 1.29 is 19.1 Å². The summed E-state index contributed by atoms with van der Waals surface area (Å²) in [6, 6.07) is 3.57. The molecule has 0 bridgehead atoms. The number of nitrogens with one attached hydrogen (secondary N) is 2. The second kappa shape index (κ2) is 5.70. The van der Waals surface area contributed by atoms with Crippen LogP contribution >= 0.6 is 0 Å². The van der Waals surface area contributed by atoms with Gasteiger partial charge in [0, 0.05) is 38.2 Å². The molecule has 2 saturated heterocycles. The summed E-state index contributed by atoms with van der Waals surface area (Å²) < 4.78 is 5.91. The lowest BCUT2D eigenvalue weighted by Crippen LogP contribution is -2.55. The van der Waals surface area contributed by atoms with Gasteiger partial charge in [-0.1, -0.05) is 0 Å². The maximum Gasteiger partial charge on any atom is 0.255 e. The number of carbonyl (C=O) groups excluding carboxylic acids is 3. The van der Waals surface area contributed by atoms with Crippen LogP contribution in [0, 0.1) is 0 Å². The third-order valence-electron chi connectivity index (χ3n) is 5.69. The molecule has 2 atom stereocenters. The maximum atomic E-state index is 12.9. The van der Waals surface area contributed by atoms with Crippen LogP contribution in [0.25, 0.3) is 0 Å². The third kappa shape index (κ3) is 2.28. The summed E-state index contributed by atoms with van der Waals surface area (Å²) in [5.41, 5.74) is 2.54. The average Bonchev–Trinajstić information content (AvgIpc) is 2.96. The minimum Gasteiger partial charge on any atom is -0.489 e. The molecule has 136 valence electrons. The lowest BCUT2D eigenvalue weighted by molar-refractivity contribution is -0.136. The number of imide groups is 1. The largest absolute Gasteiger partial charge is 0.489 e. The van der Waals surface area contributed by atoms with Crippen LogP contribution in [0.3, 0.4) is 0 Å². The molecule has 5 rings (SSSR count). The summed E-state index contributed by atoms with van der Waals surface area (Å²) in [6.45, 7) is 3.71. The summed E-state index contributed by atoms with van der Waals surface area (Å²) in [5.74, 6) is -0.0849. The molecule has 0 unspecified atom stereocenters. The van der Waals surface area contributed by atoms with E-state index in [1.807, 2.05) is 12.1 Å². The van der Waals surface area contributed by atoms with Gasteiger partial charge in [-0.25, -0.2) is 0 Å². The average molecular weight is 356 g/mol. The lowest BCUT2D eigenvalue weighted by Gasteiger charge is -2.42. The zero-order valence-electron chi connectivity index (χ0n) is 14.3. The van der Waals surface area contributed by atoms with Gasteiger partial charge in [-0.05, 0) is 24.1 Å². The SMILES string of the molecule is O=C1CC[C@H](N2Cc3cc4c(cc3C2=O)OC[C@H]2CNCCN42)C(=O)N1. The van der Waals surface area contributed by atoms with Crippen molar-refractivity contribution in [3.05, 3.63) is 23.3 Å². The Kier molecular flexibility index (Phi) is 3.43. The van der Waals surface area contributed by atoms with Crippen molar-refractivity contribution in [2.75, 3.05) is 31.1 Å². The summed E-state index contributed by atoms with van der Waals surface area (Å²) in [5, 5.41) is 5.71. The molecular formula is C18H20N4O4. The Morgan fingerprint density at radius 2 is 2.04 bits per heavy atom. The lowest BCUT2D eigenvalue weighted by atomic mass is 10.0. The number of carbonyl (C=O) groups is 3. The number of fused-ring (bicyclic) bond motifs is 4. The Morgan fingerprint density at radius 3 is 2.88 bits per heavy atom. The predicted molar refractivity (Wildman–Crippen MR) is 92.0 cm³/mol. The van der Waals surface area contributed by atoms with Gasteiger partial charge in [0.2, 0.25) is 11.8 Å². The first kappa shape index (κ1) is 15.6. The molecule has 26 heavy (non-hydrogen) atoms. The highest BCUT2D eigenvalue weighted by Crippen LogP contribution is 2.40. The number of piperidine rings is 1. The van der Waals surface area contributed by atoms with E-state index in [0.717, 1.165) is 36.6 Å². The molecule has 1 aromatic carbocycles. The fourth-order valence-corrected chi connectivity index (χ4v) is 4.34. The minimum atomic E-state index is -0.586. The molecule has 1 aromatic rings. The molecule has 0 aromatic heterocycles. The molecule has 4 aliphatic rings. The molecule has 8 heteroatoms. The van der Waals surface area contributed by atoms with Crippen LogP contribution in [0.5, 0.6) is 5.75 Å². The molecule has 2 N–H and O–H groups in total. The molecule has 3 amide bonds. The smallest absolute Gasteiger partial charge is 0.255 e. The quantitative estimate of drug-likeness (QED) is 0.667. The number of nitrogens with zero attached hydrogens (tertiary/aromatic N) is 2. The second-order valence-corrected chi connectivity index (χ2v) is 7.24. The molecule has 0 saturated carbocycles. The maximum absolute atomic E-state index is 12.9. The standard InChI is InChI=1S/C18H20N4O4/c23-16-2-1-13(17(24)20-16)22-8-10-5-14-15(6-12(10)18(22)25)26-9-11-7-19-3-4-21(11)14/h5-6,11,13,19H,1-4,7-9H2,(H,20,23,24)/t11-,13+/m1/s1. The molecule has 0 aliphatic carbocycles. The van der Waals surface area contributed by atoms with Crippen LogP contribution in [-0.2, 0) is 16.1 Å². The zero-order valence-corrected chi connectivity index (χ0v) is 14.3. The summed E-state index contributed by atoms with van der Waals surface area (Å²) in [7, 11) is 0. The number of hydrogen-bond acceptors (Lipinski definition) is 6. The van der Waals surface area contributed by atoms with Gasteiger partial charge in [-0.3, -0.25) is 19.7 Å². The van der Waals surface area contributed by atoms with Gasteiger partial charge in [-0.2, -0.15) is 0 Å². The number of amides is 3. The van der Waals surface area contributed by atoms with E-state index in [4.69, 9.17) is 4.74 Å². The number of anilines is 1. The van der Waals surface area contributed by atoms with Crippen molar-refractivity contribution in [3.8, 4) is 5.75 Å². The number of piperazine rings is 1. The van der Waals surface area contributed by atoms with E-state index in [0.29, 0.717) is 31.2 Å². The van der Waals surface area contributed by atoms with Crippen LogP contribution in [-0.4, -0.2) is 60.9 Å². The van der Waals surface area contributed by atoms with Gasteiger partial charge in [-0.15, -0.1) is 0 Å². The van der Waals surface area contributed by atoms with E-state index in [1.165, 1.54) is 0 Å². The monoisotopic (exact) mass is 356 g/mol. The van der Waals surface area contributed by atoms with Crippen molar-refractivity contribution >= 4 is 23.4 Å². The molecule has 4 aliphatic heterocycles. The molecule has 4 heterocycles. The molecule has 0 spiro atoms. The highest BCUT2D eigenvalue weighted by Gasteiger charge is 2.40. The normalized spacial score (nSPS) is 27.5. The first-order valence-electron chi connectivity index (χ1n) is 9.03. The number of rotatable bonds is 1. The highest BCUT2D eigenvalue weighted by molar-refractivity contribution is 6.05. The molecule has 8 nitrogen and oxygen atoms in total. The van der Waals surface area contributed by atoms with Crippen LogP contribution in [0.4, 0.5) is 5.69 Å². The predicted octanol–water partition coefficient (Wildman–Crippen LogP) is -0.382. The van der Waals surface area contributed by atoms with E-state index in [2.05, 4.69) is 15.5 Å². The fraction of sp³-hybridized carbons (Fsp3) is 0.500. The molecule has 2 fully saturated rings. The summed E-state index contributed by atoms with van der Waals surface area (Å²) in [6.07, 6.45) is 0.638. The van der Waals surface area contributed by atoms with Crippen LogP contribution in [0.15, 0.2) is 12.1 Å². The Balaban J connectivity index is 1.46. The summed E-state index contributed by atoms with van der Waals surface area (Å²) >= 11 is 0. The van der Waals surface area contributed by atoms with Crippen molar-refractivity contribution in [2.24, 2.45) is 0 Å².